The molecule has 116 valence electrons. The molecule has 1 aromatic rings. The zero-order chi connectivity index (χ0) is 15.6. The summed E-state index contributed by atoms with van der Waals surface area (Å²) in [4.78, 5) is 32.4. The van der Waals surface area contributed by atoms with Gasteiger partial charge in [-0.05, 0) is 6.92 Å². The van der Waals surface area contributed by atoms with Gasteiger partial charge in [-0.15, -0.1) is 11.3 Å². The van der Waals surface area contributed by atoms with Gasteiger partial charge in [-0.1, -0.05) is 0 Å². The van der Waals surface area contributed by atoms with Crippen LogP contribution in [0.4, 0.5) is 5.13 Å². The van der Waals surface area contributed by atoms with Gasteiger partial charge in [0.1, 0.15) is 0 Å². The van der Waals surface area contributed by atoms with Gasteiger partial charge in [-0.25, -0.2) is 4.98 Å². The van der Waals surface area contributed by atoms with E-state index >= 15 is 0 Å². The van der Waals surface area contributed by atoms with Crippen molar-refractivity contribution in [3.05, 3.63) is 10.6 Å². The first-order valence-corrected chi connectivity index (χ1v) is 7.52. The van der Waals surface area contributed by atoms with Crippen LogP contribution in [-0.4, -0.2) is 66.5 Å². The molecule has 0 unspecified atom stereocenters. The maximum Gasteiger partial charge on any atom is 0.253 e. The lowest BCUT2D eigenvalue weighted by atomic mass is 10.2. The van der Waals surface area contributed by atoms with Crippen molar-refractivity contribution in [1.29, 1.82) is 0 Å². The van der Waals surface area contributed by atoms with E-state index in [0.717, 1.165) is 10.6 Å². The largest absolute Gasteiger partial charge is 0.375 e. The standard InChI is InChI=1S/C13H20N4O3S/c1-8-10(21-13(14)15-8)6-11(18)17-4-5-20-9(7-17)12(19)16(2)3/h9H,4-7H2,1-3H3,(H2,14,15)/t9-/m0/s1. The molecule has 2 amide bonds. The number of thiazole rings is 1. The highest BCUT2D eigenvalue weighted by molar-refractivity contribution is 7.15. The van der Waals surface area contributed by atoms with E-state index in [1.54, 1.807) is 19.0 Å². The number of aryl methyl sites for hydroxylation is 1. The van der Waals surface area contributed by atoms with Crippen LogP contribution in [0.25, 0.3) is 0 Å². The van der Waals surface area contributed by atoms with Gasteiger partial charge < -0.3 is 20.3 Å². The van der Waals surface area contributed by atoms with Crippen molar-refractivity contribution >= 4 is 28.3 Å². The Kier molecular flexibility index (Phi) is 4.79. The molecule has 1 atom stereocenters. The Balaban J connectivity index is 1.99. The van der Waals surface area contributed by atoms with Gasteiger partial charge in [0.2, 0.25) is 5.91 Å². The Morgan fingerprint density at radius 3 is 2.81 bits per heavy atom. The minimum absolute atomic E-state index is 0.0263. The minimum Gasteiger partial charge on any atom is -0.375 e. The van der Waals surface area contributed by atoms with Crippen molar-refractivity contribution in [2.75, 3.05) is 39.5 Å². The fourth-order valence-corrected chi connectivity index (χ4v) is 3.00. The van der Waals surface area contributed by atoms with Crippen LogP contribution in [0.3, 0.4) is 0 Å². The van der Waals surface area contributed by atoms with Crippen molar-refractivity contribution in [3.8, 4) is 0 Å². The SMILES string of the molecule is Cc1nc(N)sc1CC(=O)N1CCO[C@H](C(=O)N(C)C)C1. The number of rotatable bonds is 3. The van der Waals surface area contributed by atoms with E-state index in [4.69, 9.17) is 10.5 Å². The van der Waals surface area contributed by atoms with E-state index in [-0.39, 0.29) is 18.2 Å². The fourth-order valence-electron chi connectivity index (χ4n) is 2.18. The van der Waals surface area contributed by atoms with Crippen LogP contribution in [0.5, 0.6) is 0 Å². The molecule has 2 N–H and O–H groups in total. The van der Waals surface area contributed by atoms with Gasteiger partial charge in [0.25, 0.3) is 5.91 Å². The van der Waals surface area contributed by atoms with E-state index in [2.05, 4.69) is 4.98 Å². The molecule has 8 heteroatoms. The van der Waals surface area contributed by atoms with Crippen molar-refractivity contribution < 1.29 is 14.3 Å². The maximum absolute atomic E-state index is 12.4. The zero-order valence-electron chi connectivity index (χ0n) is 12.5. The molecule has 2 rings (SSSR count). The number of hydrogen-bond acceptors (Lipinski definition) is 6. The number of morpholine rings is 1. The third-order valence-corrected chi connectivity index (χ3v) is 4.34. The first-order valence-electron chi connectivity index (χ1n) is 6.70. The smallest absolute Gasteiger partial charge is 0.253 e. The second-order valence-electron chi connectivity index (χ2n) is 5.17. The number of carbonyl (C=O) groups is 2. The van der Waals surface area contributed by atoms with E-state index in [1.165, 1.54) is 16.2 Å². The molecule has 1 aliphatic rings. The van der Waals surface area contributed by atoms with Crippen LogP contribution in [0.2, 0.25) is 0 Å². The average molecular weight is 312 g/mol. The Morgan fingerprint density at radius 1 is 1.52 bits per heavy atom. The quantitative estimate of drug-likeness (QED) is 0.841. The third kappa shape index (κ3) is 3.70. The predicted octanol–water partition coefficient (Wildman–Crippen LogP) is -0.108. The lowest BCUT2D eigenvalue weighted by molar-refractivity contribution is -0.152. The molecule has 0 aliphatic carbocycles. The number of ether oxygens (including phenoxy) is 1. The summed E-state index contributed by atoms with van der Waals surface area (Å²) in [6.07, 6.45) is -0.311. The predicted molar refractivity (Wildman–Crippen MR) is 80.0 cm³/mol. The topological polar surface area (TPSA) is 88.8 Å². The molecule has 1 fully saturated rings. The Morgan fingerprint density at radius 2 is 2.24 bits per heavy atom. The van der Waals surface area contributed by atoms with Gasteiger partial charge >= 0.3 is 0 Å². The highest BCUT2D eigenvalue weighted by Gasteiger charge is 2.30. The number of aromatic nitrogens is 1. The zero-order valence-corrected chi connectivity index (χ0v) is 13.3. The molecule has 1 aliphatic heterocycles. The highest BCUT2D eigenvalue weighted by Crippen LogP contribution is 2.21. The number of nitrogen functional groups attached to an aromatic ring is 1. The van der Waals surface area contributed by atoms with Crippen LogP contribution < -0.4 is 5.73 Å². The summed E-state index contributed by atoms with van der Waals surface area (Å²) in [6, 6.07) is 0. The van der Waals surface area contributed by atoms with Gasteiger partial charge in [-0.2, -0.15) is 0 Å². The van der Waals surface area contributed by atoms with Crippen molar-refractivity contribution in [2.24, 2.45) is 0 Å². The van der Waals surface area contributed by atoms with Gasteiger partial charge in [0.15, 0.2) is 11.2 Å². The van der Waals surface area contributed by atoms with Crippen LogP contribution in [-0.2, 0) is 20.7 Å². The lowest BCUT2D eigenvalue weighted by Crippen LogP contribution is -2.51. The number of nitrogens with two attached hydrogens (primary N) is 1. The van der Waals surface area contributed by atoms with E-state index in [1.807, 2.05) is 6.92 Å². The molecular formula is C13H20N4O3S. The van der Waals surface area contributed by atoms with Gasteiger partial charge in [0, 0.05) is 25.5 Å². The molecule has 0 bridgehead atoms. The summed E-state index contributed by atoms with van der Waals surface area (Å²) >= 11 is 1.33. The normalized spacial score (nSPS) is 18.6. The first-order chi connectivity index (χ1) is 9.88. The van der Waals surface area contributed by atoms with E-state index < -0.39 is 6.10 Å². The molecular weight excluding hydrogens is 292 g/mol. The van der Waals surface area contributed by atoms with E-state index in [0.29, 0.717) is 24.8 Å². The molecule has 2 heterocycles. The van der Waals surface area contributed by atoms with Gasteiger partial charge in [-0.3, -0.25) is 9.59 Å². The monoisotopic (exact) mass is 312 g/mol. The molecule has 0 spiro atoms. The van der Waals surface area contributed by atoms with Crippen molar-refractivity contribution in [1.82, 2.24) is 14.8 Å². The molecule has 0 radical (unpaired) electrons. The number of carbonyl (C=O) groups excluding carboxylic acids is 2. The molecule has 0 aromatic carbocycles. The second-order valence-corrected chi connectivity index (χ2v) is 6.28. The Labute approximate surface area is 127 Å². The summed E-state index contributed by atoms with van der Waals surface area (Å²) < 4.78 is 5.44. The van der Waals surface area contributed by atoms with Crippen LogP contribution >= 0.6 is 11.3 Å². The van der Waals surface area contributed by atoms with Crippen LogP contribution in [0.15, 0.2) is 0 Å². The summed E-state index contributed by atoms with van der Waals surface area (Å²) in [6.45, 7) is 3.01. The average Bonchev–Trinajstić information content (AvgIpc) is 2.76. The summed E-state index contributed by atoms with van der Waals surface area (Å²) in [5.74, 6) is -0.146. The molecule has 1 saturated heterocycles. The molecule has 21 heavy (non-hydrogen) atoms. The number of amides is 2. The Bertz CT molecular complexity index is 544. The number of hydrogen-bond donors (Lipinski definition) is 1. The van der Waals surface area contributed by atoms with Crippen molar-refractivity contribution in [2.45, 2.75) is 19.4 Å². The fraction of sp³-hybridized carbons (Fsp3) is 0.615. The maximum atomic E-state index is 12.4. The van der Waals surface area contributed by atoms with Crippen LogP contribution in [0.1, 0.15) is 10.6 Å². The number of nitrogens with zero attached hydrogens (tertiary/aromatic N) is 3. The van der Waals surface area contributed by atoms with E-state index in [9.17, 15) is 9.59 Å². The minimum atomic E-state index is -0.578. The summed E-state index contributed by atoms with van der Waals surface area (Å²) in [5, 5.41) is 0.470. The molecule has 7 nitrogen and oxygen atoms in total. The number of likely N-dealkylation sites (N-methyl/N-ethyl adjacent to an activating group) is 1. The highest BCUT2D eigenvalue weighted by atomic mass is 32.1. The van der Waals surface area contributed by atoms with Gasteiger partial charge in [0.05, 0.1) is 25.3 Å². The first kappa shape index (κ1) is 15.7. The lowest BCUT2D eigenvalue weighted by Gasteiger charge is -2.33. The van der Waals surface area contributed by atoms with Crippen molar-refractivity contribution in [3.63, 3.8) is 0 Å². The molecule has 0 saturated carbocycles. The van der Waals surface area contributed by atoms with Crippen LogP contribution in [0, 0.1) is 6.92 Å². The molecule has 1 aromatic heterocycles. The summed E-state index contributed by atoms with van der Waals surface area (Å²) in [7, 11) is 3.35. The summed E-state index contributed by atoms with van der Waals surface area (Å²) in [5.41, 5.74) is 6.43. The number of anilines is 1. The third-order valence-electron chi connectivity index (χ3n) is 3.36. The second kappa shape index (κ2) is 6.40. The Hall–Kier alpha value is -1.67.